The van der Waals surface area contributed by atoms with Gasteiger partial charge in [0.05, 0.1) is 0 Å². The third kappa shape index (κ3) is 2.34. The third-order valence-electron chi connectivity index (χ3n) is 0.980. The molecule has 1 fully saturated rings. The van der Waals surface area contributed by atoms with Crippen LogP contribution in [0.4, 0.5) is 0 Å². The fourth-order valence-corrected chi connectivity index (χ4v) is 8.31. The highest BCUT2D eigenvalue weighted by atomic mass is 35.7. The molecule has 2 atom stereocenters. The fraction of sp³-hybridized carbons (Fsp3) is 1.00. The molecule has 1 aliphatic heterocycles. The molecule has 0 aliphatic carbocycles. The molecule has 1 heterocycles. The summed E-state index contributed by atoms with van der Waals surface area (Å²) in [5.41, 5.74) is -0.225. The fourth-order valence-electron chi connectivity index (χ4n) is 0.515. The Bertz CT molecular complexity index is 72.4. The van der Waals surface area contributed by atoms with Gasteiger partial charge in [0.25, 0.3) is 0 Å². The first-order chi connectivity index (χ1) is 3.79. The molecule has 4 heteroatoms. The molecule has 0 bridgehead atoms. The molecule has 0 N–H and O–H groups in total. The highest BCUT2D eigenvalue weighted by Gasteiger charge is 2.16. The standard InChI is InChI=1S/C4H8ClPS2/c1-4-2-3-7-6(5)8-4/h4H,2-3H2,1H3/t4-,6+/m1/s1. The van der Waals surface area contributed by atoms with Gasteiger partial charge in [-0.05, 0) is 6.42 Å². The van der Waals surface area contributed by atoms with E-state index >= 15 is 0 Å². The predicted molar refractivity (Wildman–Crippen MR) is 46.9 cm³/mol. The summed E-state index contributed by atoms with van der Waals surface area (Å²) in [7, 11) is 0. The summed E-state index contributed by atoms with van der Waals surface area (Å²) in [5.74, 6) is 1.27. The van der Waals surface area contributed by atoms with E-state index in [1.54, 1.807) is 0 Å². The average molecular weight is 187 g/mol. The van der Waals surface area contributed by atoms with Crippen LogP contribution in [0.1, 0.15) is 13.3 Å². The summed E-state index contributed by atoms with van der Waals surface area (Å²) in [6, 6.07) is 0. The minimum Gasteiger partial charge on any atom is -0.107 e. The van der Waals surface area contributed by atoms with Gasteiger partial charge in [-0.15, -0.1) is 22.8 Å². The van der Waals surface area contributed by atoms with Crippen molar-refractivity contribution < 1.29 is 0 Å². The summed E-state index contributed by atoms with van der Waals surface area (Å²) in [6.45, 7) is 2.25. The van der Waals surface area contributed by atoms with Crippen LogP contribution in [-0.2, 0) is 0 Å². The van der Waals surface area contributed by atoms with Crippen molar-refractivity contribution in [1.29, 1.82) is 0 Å². The summed E-state index contributed by atoms with van der Waals surface area (Å²) in [4.78, 5) is 0. The highest BCUT2D eigenvalue weighted by molar-refractivity contribution is 8.94. The van der Waals surface area contributed by atoms with Crippen LogP contribution < -0.4 is 0 Å². The van der Waals surface area contributed by atoms with Crippen LogP contribution >= 0.6 is 39.7 Å². The van der Waals surface area contributed by atoms with E-state index in [1.807, 2.05) is 22.8 Å². The van der Waals surface area contributed by atoms with Crippen molar-refractivity contribution >= 4 is 39.7 Å². The van der Waals surface area contributed by atoms with E-state index in [0.717, 1.165) is 5.25 Å². The Labute approximate surface area is 64.2 Å². The Morgan fingerprint density at radius 2 is 2.50 bits per heavy atom. The first-order valence-electron chi connectivity index (χ1n) is 2.54. The lowest BCUT2D eigenvalue weighted by Gasteiger charge is -2.19. The van der Waals surface area contributed by atoms with Crippen molar-refractivity contribution in [3.8, 4) is 0 Å². The quantitative estimate of drug-likeness (QED) is 0.529. The first-order valence-corrected chi connectivity index (χ1v) is 7.87. The van der Waals surface area contributed by atoms with Gasteiger partial charge >= 0.3 is 0 Å². The summed E-state index contributed by atoms with van der Waals surface area (Å²) < 4.78 is 0. The second-order valence-electron chi connectivity index (χ2n) is 1.75. The van der Waals surface area contributed by atoms with E-state index in [1.165, 1.54) is 12.2 Å². The topological polar surface area (TPSA) is 0 Å². The number of rotatable bonds is 0. The van der Waals surface area contributed by atoms with E-state index in [4.69, 9.17) is 11.2 Å². The zero-order valence-corrected chi connectivity index (χ0v) is 7.92. The van der Waals surface area contributed by atoms with Crippen LogP contribution in [0.2, 0.25) is 0 Å². The van der Waals surface area contributed by atoms with Crippen molar-refractivity contribution in [3.05, 3.63) is 0 Å². The van der Waals surface area contributed by atoms with Crippen LogP contribution in [0.5, 0.6) is 0 Å². The Morgan fingerprint density at radius 3 is 2.88 bits per heavy atom. The van der Waals surface area contributed by atoms with Gasteiger partial charge in [0.1, 0.15) is 5.68 Å². The van der Waals surface area contributed by atoms with Gasteiger partial charge in [-0.1, -0.05) is 18.2 Å². The molecule has 0 unspecified atom stereocenters. The number of halogens is 1. The van der Waals surface area contributed by atoms with Gasteiger partial charge < -0.3 is 0 Å². The lowest BCUT2D eigenvalue weighted by Crippen LogP contribution is -1.98. The van der Waals surface area contributed by atoms with E-state index in [9.17, 15) is 0 Å². The molecule has 1 rings (SSSR count). The SMILES string of the molecule is C[C@@H]1CCS[P@](Cl)S1. The molecule has 0 radical (unpaired) electrons. The van der Waals surface area contributed by atoms with Crippen LogP contribution in [0, 0.1) is 0 Å². The van der Waals surface area contributed by atoms with E-state index in [0.29, 0.717) is 0 Å². The number of hydrogen-bond acceptors (Lipinski definition) is 2. The zero-order chi connectivity index (χ0) is 5.98. The van der Waals surface area contributed by atoms with Crippen molar-refractivity contribution in [3.63, 3.8) is 0 Å². The van der Waals surface area contributed by atoms with Crippen LogP contribution in [0.3, 0.4) is 0 Å². The summed E-state index contributed by atoms with van der Waals surface area (Å²) in [5, 5.41) is 0.805. The monoisotopic (exact) mass is 186 g/mol. The lowest BCUT2D eigenvalue weighted by atomic mass is 10.4. The molecule has 0 aromatic heterocycles. The van der Waals surface area contributed by atoms with Gasteiger partial charge in [-0.3, -0.25) is 0 Å². The highest BCUT2D eigenvalue weighted by Crippen LogP contribution is 2.69. The Hall–Kier alpha value is 1.42. The molecule has 0 nitrogen and oxygen atoms in total. The second-order valence-corrected chi connectivity index (χ2v) is 10.4. The van der Waals surface area contributed by atoms with Crippen molar-refractivity contribution in [2.45, 2.75) is 18.6 Å². The molecule has 0 spiro atoms. The van der Waals surface area contributed by atoms with E-state index in [-0.39, 0.29) is 5.68 Å². The van der Waals surface area contributed by atoms with Gasteiger partial charge in [-0.2, -0.15) is 0 Å². The van der Waals surface area contributed by atoms with Gasteiger partial charge in [-0.25, -0.2) is 0 Å². The van der Waals surface area contributed by atoms with Crippen LogP contribution in [0.15, 0.2) is 0 Å². The molecular formula is C4H8ClPS2. The maximum Gasteiger partial charge on any atom is 0.110 e. The summed E-state index contributed by atoms with van der Waals surface area (Å²) in [6.07, 6.45) is 1.33. The van der Waals surface area contributed by atoms with Gasteiger partial charge in [0.2, 0.25) is 0 Å². The van der Waals surface area contributed by atoms with Crippen molar-refractivity contribution in [2.75, 3.05) is 5.75 Å². The Balaban J connectivity index is 2.23. The molecule has 0 aromatic carbocycles. The van der Waals surface area contributed by atoms with Gasteiger partial charge in [0, 0.05) is 11.0 Å². The normalized spacial score (nSPS) is 39.8. The molecular weight excluding hydrogens is 179 g/mol. The molecule has 8 heavy (non-hydrogen) atoms. The van der Waals surface area contributed by atoms with Crippen molar-refractivity contribution in [1.82, 2.24) is 0 Å². The van der Waals surface area contributed by atoms with Crippen LogP contribution in [-0.4, -0.2) is 11.0 Å². The molecule has 1 aliphatic rings. The van der Waals surface area contributed by atoms with E-state index in [2.05, 4.69) is 6.92 Å². The smallest absolute Gasteiger partial charge is 0.107 e. The second kappa shape index (κ2) is 3.55. The predicted octanol–water partition coefficient (Wildman–Crippen LogP) is 3.71. The van der Waals surface area contributed by atoms with Crippen LogP contribution in [0.25, 0.3) is 0 Å². The molecule has 0 aromatic rings. The lowest BCUT2D eigenvalue weighted by molar-refractivity contribution is 0.923. The largest absolute Gasteiger partial charge is 0.110 e. The zero-order valence-electron chi connectivity index (χ0n) is 4.63. The van der Waals surface area contributed by atoms with Crippen molar-refractivity contribution in [2.24, 2.45) is 0 Å². The van der Waals surface area contributed by atoms with Gasteiger partial charge in [0.15, 0.2) is 0 Å². The minimum absolute atomic E-state index is 0.225. The number of hydrogen-bond donors (Lipinski definition) is 0. The maximum absolute atomic E-state index is 5.90. The first kappa shape index (κ1) is 7.53. The third-order valence-corrected chi connectivity index (χ3v) is 8.41. The molecule has 48 valence electrons. The maximum atomic E-state index is 5.90. The van der Waals surface area contributed by atoms with E-state index < -0.39 is 0 Å². The molecule has 0 amide bonds. The minimum atomic E-state index is -0.225. The summed E-state index contributed by atoms with van der Waals surface area (Å²) >= 11 is 9.75. The molecule has 1 saturated heterocycles. The Kier molecular flexibility index (Phi) is 3.34. The Morgan fingerprint density at radius 1 is 1.75 bits per heavy atom. The average Bonchev–Trinajstić information content (AvgIpc) is 1.64. The molecule has 0 saturated carbocycles.